The predicted molar refractivity (Wildman–Crippen MR) is 90.8 cm³/mol. The van der Waals surface area contributed by atoms with Crippen molar-refractivity contribution >= 4 is 23.1 Å². The average molecular weight is 340 g/mol. The number of carbonyl (C=O) groups is 1. The minimum atomic E-state index is -0.469. The van der Waals surface area contributed by atoms with Gasteiger partial charge < -0.3 is 4.74 Å². The number of esters is 1. The fourth-order valence-electron chi connectivity index (χ4n) is 2.45. The molecule has 128 valence electrons. The highest BCUT2D eigenvalue weighted by atomic mass is 19.1. The molecular weight excluding hydrogens is 323 g/mol. The second-order valence-corrected chi connectivity index (χ2v) is 5.40. The molecule has 0 atom stereocenters. The number of aromatic nitrogens is 2. The highest BCUT2D eigenvalue weighted by Crippen LogP contribution is 2.27. The van der Waals surface area contributed by atoms with E-state index in [1.54, 1.807) is 29.7 Å². The summed E-state index contributed by atoms with van der Waals surface area (Å²) in [6, 6.07) is 9.85. The van der Waals surface area contributed by atoms with Crippen molar-refractivity contribution in [2.45, 2.75) is 20.3 Å². The van der Waals surface area contributed by atoms with Crippen LogP contribution in [0.4, 0.5) is 15.9 Å². The molecule has 0 aliphatic heterocycles. The first kappa shape index (κ1) is 16.8. The van der Waals surface area contributed by atoms with Crippen molar-refractivity contribution in [2.75, 3.05) is 6.61 Å². The van der Waals surface area contributed by atoms with E-state index < -0.39 is 11.8 Å². The summed E-state index contributed by atoms with van der Waals surface area (Å²) in [4.78, 5) is 16.3. The van der Waals surface area contributed by atoms with E-state index in [9.17, 15) is 9.18 Å². The number of fused-ring (bicyclic) bond motifs is 1. The van der Waals surface area contributed by atoms with E-state index in [2.05, 4.69) is 15.2 Å². The Morgan fingerprint density at radius 3 is 2.80 bits per heavy atom. The second-order valence-electron chi connectivity index (χ2n) is 5.40. The van der Waals surface area contributed by atoms with E-state index in [1.807, 2.05) is 19.1 Å². The van der Waals surface area contributed by atoms with Crippen LogP contribution in [0.15, 0.2) is 52.8 Å². The first-order chi connectivity index (χ1) is 12.1. The molecule has 0 fully saturated rings. The zero-order valence-corrected chi connectivity index (χ0v) is 13.9. The topological polar surface area (TPSA) is 68.3 Å². The van der Waals surface area contributed by atoms with Crippen molar-refractivity contribution < 1.29 is 13.9 Å². The van der Waals surface area contributed by atoms with Gasteiger partial charge in [0.1, 0.15) is 11.3 Å². The molecule has 0 saturated heterocycles. The minimum Gasteiger partial charge on any atom is -0.466 e. The number of imidazole rings is 1. The summed E-state index contributed by atoms with van der Waals surface area (Å²) in [5, 5.41) is 8.14. The summed E-state index contributed by atoms with van der Waals surface area (Å²) in [7, 11) is 0. The lowest BCUT2D eigenvalue weighted by atomic mass is 10.3. The van der Waals surface area contributed by atoms with E-state index in [0.717, 1.165) is 5.56 Å². The number of benzene rings is 1. The molecule has 3 rings (SSSR count). The number of pyridine rings is 1. The largest absolute Gasteiger partial charge is 0.466 e. The third kappa shape index (κ3) is 3.55. The van der Waals surface area contributed by atoms with Gasteiger partial charge in [-0.2, -0.15) is 0 Å². The second kappa shape index (κ2) is 7.21. The molecule has 0 amide bonds. The molecule has 6 nitrogen and oxygen atoms in total. The van der Waals surface area contributed by atoms with Crippen LogP contribution in [-0.2, 0) is 16.0 Å². The summed E-state index contributed by atoms with van der Waals surface area (Å²) in [6.07, 6.45) is 1.75. The molecule has 2 heterocycles. The van der Waals surface area contributed by atoms with Crippen LogP contribution >= 0.6 is 0 Å². The van der Waals surface area contributed by atoms with Crippen molar-refractivity contribution in [2.24, 2.45) is 10.2 Å². The van der Waals surface area contributed by atoms with Gasteiger partial charge in [0.25, 0.3) is 0 Å². The van der Waals surface area contributed by atoms with Crippen LogP contribution in [0.1, 0.15) is 18.2 Å². The van der Waals surface area contributed by atoms with Gasteiger partial charge in [-0.3, -0.25) is 9.20 Å². The summed E-state index contributed by atoms with van der Waals surface area (Å²) in [5.41, 5.74) is 2.16. The van der Waals surface area contributed by atoms with Gasteiger partial charge in [0.2, 0.25) is 0 Å². The number of nitrogens with zero attached hydrogens (tertiary/aromatic N) is 4. The summed E-state index contributed by atoms with van der Waals surface area (Å²) < 4.78 is 20.5. The SMILES string of the molecule is CCOC(=O)Cc1nc2c(C)cccn2c1N=Nc1ccccc1F. The smallest absolute Gasteiger partial charge is 0.312 e. The molecule has 0 unspecified atom stereocenters. The number of rotatable bonds is 5. The Kier molecular flexibility index (Phi) is 4.83. The number of azo groups is 1. The Bertz CT molecular complexity index is 949. The quantitative estimate of drug-likeness (QED) is 0.513. The van der Waals surface area contributed by atoms with Crippen molar-refractivity contribution in [3.8, 4) is 0 Å². The molecule has 1 aromatic carbocycles. The monoisotopic (exact) mass is 340 g/mol. The molecule has 0 spiro atoms. The Labute approximate surface area is 144 Å². The maximum atomic E-state index is 13.8. The third-order valence-corrected chi connectivity index (χ3v) is 3.61. The fraction of sp³-hybridized carbons (Fsp3) is 0.222. The summed E-state index contributed by atoms with van der Waals surface area (Å²) >= 11 is 0. The van der Waals surface area contributed by atoms with Gasteiger partial charge in [0.15, 0.2) is 11.6 Å². The molecule has 2 aromatic heterocycles. The molecule has 0 N–H and O–H groups in total. The van der Waals surface area contributed by atoms with Crippen molar-refractivity contribution in [3.05, 3.63) is 59.7 Å². The maximum Gasteiger partial charge on any atom is 0.312 e. The molecule has 0 aliphatic carbocycles. The highest BCUT2D eigenvalue weighted by Gasteiger charge is 2.17. The first-order valence-electron chi connectivity index (χ1n) is 7.88. The Morgan fingerprint density at radius 1 is 1.24 bits per heavy atom. The van der Waals surface area contributed by atoms with Crippen LogP contribution in [0, 0.1) is 12.7 Å². The lowest BCUT2D eigenvalue weighted by Gasteiger charge is -2.01. The van der Waals surface area contributed by atoms with Crippen molar-refractivity contribution in [1.82, 2.24) is 9.38 Å². The number of halogens is 1. The van der Waals surface area contributed by atoms with Gasteiger partial charge in [0.05, 0.1) is 18.7 Å². The first-order valence-corrected chi connectivity index (χ1v) is 7.88. The van der Waals surface area contributed by atoms with Crippen LogP contribution in [0.2, 0.25) is 0 Å². The molecule has 0 bridgehead atoms. The molecule has 25 heavy (non-hydrogen) atoms. The van der Waals surface area contributed by atoms with Crippen LogP contribution in [0.25, 0.3) is 5.65 Å². The van der Waals surface area contributed by atoms with Crippen LogP contribution in [0.5, 0.6) is 0 Å². The lowest BCUT2D eigenvalue weighted by molar-refractivity contribution is -0.142. The van der Waals surface area contributed by atoms with Crippen LogP contribution < -0.4 is 0 Å². The van der Waals surface area contributed by atoms with Gasteiger partial charge in [-0.25, -0.2) is 9.37 Å². The van der Waals surface area contributed by atoms with Gasteiger partial charge in [0, 0.05) is 6.20 Å². The Balaban J connectivity index is 2.06. The molecule has 7 heteroatoms. The number of ether oxygens (including phenoxy) is 1. The normalized spacial score (nSPS) is 11.3. The standard InChI is InChI=1S/C18H17FN4O2/c1-3-25-16(24)11-15-18(22-21-14-9-5-4-8-13(14)19)23-10-6-7-12(2)17(23)20-15/h4-10H,3,11H2,1-2H3. The van der Waals surface area contributed by atoms with Crippen LogP contribution in [-0.4, -0.2) is 22.0 Å². The van der Waals surface area contributed by atoms with E-state index in [4.69, 9.17) is 4.74 Å². The van der Waals surface area contributed by atoms with E-state index >= 15 is 0 Å². The highest BCUT2D eigenvalue weighted by molar-refractivity contribution is 5.74. The zero-order valence-electron chi connectivity index (χ0n) is 13.9. The van der Waals surface area contributed by atoms with E-state index in [-0.39, 0.29) is 18.7 Å². The molecular formula is C18H17FN4O2. The Morgan fingerprint density at radius 2 is 2.04 bits per heavy atom. The number of hydrogen-bond donors (Lipinski definition) is 0. The van der Waals surface area contributed by atoms with Gasteiger partial charge >= 0.3 is 5.97 Å². The zero-order chi connectivity index (χ0) is 17.8. The van der Waals surface area contributed by atoms with Gasteiger partial charge in [-0.1, -0.05) is 18.2 Å². The average Bonchev–Trinajstić information content (AvgIpc) is 2.93. The maximum absolute atomic E-state index is 13.8. The van der Waals surface area contributed by atoms with Crippen LogP contribution in [0.3, 0.4) is 0 Å². The lowest BCUT2D eigenvalue weighted by Crippen LogP contribution is -2.07. The molecule has 3 aromatic rings. The minimum absolute atomic E-state index is 0.0272. The fourth-order valence-corrected chi connectivity index (χ4v) is 2.45. The summed E-state index contributed by atoms with van der Waals surface area (Å²) in [5.74, 6) is -0.482. The predicted octanol–water partition coefficient (Wildman–Crippen LogP) is 4.30. The molecule has 0 radical (unpaired) electrons. The van der Waals surface area contributed by atoms with E-state index in [0.29, 0.717) is 17.2 Å². The summed E-state index contributed by atoms with van der Waals surface area (Å²) in [6.45, 7) is 3.94. The van der Waals surface area contributed by atoms with E-state index in [1.165, 1.54) is 12.1 Å². The van der Waals surface area contributed by atoms with Gasteiger partial charge in [-0.05, 0) is 37.6 Å². The number of hydrogen-bond acceptors (Lipinski definition) is 5. The molecule has 0 saturated carbocycles. The van der Waals surface area contributed by atoms with Crippen molar-refractivity contribution in [1.29, 1.82) is 0 Å². The number of aryl methyl sites for hydroxylation is 1. The molecule has 0 aliphatic rings. The van der Waals surface area contributed by atoms with Crippen molar-refractivity contribution in [3.63, 3.8) is 0 Å². The van der Waals surface area contributed by atoms with Gasteiger partial charge in [-0.15, -0.1) is 10.2 Å². The third-order valence-electron chi connectivity index (χ3n) is 3.61. The Hall–Kier alpha value is -3.09. The number of carbonyl (C=O) groups excluding carboxylic acids is 1.